The van der Waals surface area contributed by atoms with Gasteiger partial charge in [-0.3, -0.25) is 4.79 Å². The van der Waals surface area contributed by atoms with E-state index in [0.717, 1.165) is 5.56 Å². The van der Waals surface area contributed by atoms with Crippen LogP contribution in [0.2, 0.25) is 5.02 Å². The van der Waals surface area contributed by atoms with Crippen LogP contribution in [0.25, 0.3) is 17.1 Å². The minimum Gasteiger partial charge on any atom is -0.267 e. The third kappa shape index (κ3) is 2.46. The first kappa shape index (κ1) is 12.6. The van der Waals surface area contributed by atoms with E-state index in [1.807, 2.05) is 36.4 Å². The number of para-hydroxylation sites is 1. The minimum atomic E-state index is -0.242. The Hall–Kier alpha value is -2.46. The second-order valence-corrected chi connectivity index (χ2v) is 4.65. The van der Waals surface area contributed by atoms with Gasteiger partial charge in [0.05, 0.1) is 5.52 Å². The van der Waals surface area contributed by atoms with Crippen LogP contribution in [0, 0.1) is 0 Å². The lowest BCUT2D eigenvalue weighted by atomic mass is 10.2. The molecule has 0 fully saturated rings. The number of halogens is 1. The van der Waals surface area contributed by atoms with Gasteiger partial charge in [0, 0.05) is 11.1 Å². The van der Waals surface area contributed by atoms with Gasteiger partial charge in [-0.1, -0.05) is 41.1 Å². The summed E-state index contributed by atoms with van der Waals surface area (Å²) in [5, 5.41) is 8.48. The van der Waals surface area contributed by atoms with E-state index in [1.54, 1.807) is 18.2 Å². The SMILES string of the molecule is O=C(/C=C/c1ccc(Cl)cc1)n1nnc2ccccc21. The zero-order valence-corrected chi connectivity index (χ0v) is 11.2. The van der Waals surface area contributed by atoms with Crippen molar-refractivity contribution >= 4 is 34.6 Å². The number of carbonyl (C=O) groups is 1. The maximum absolute atomic E-state index is 12.1. The van der Waals surface area contributed by atoms with Crippen LogP contribution >= 0.6 is 11.6 Å². The molecular weight excluding hydrogens is 274 g/mol. The molecule has 0 aliphatic rings. The summed E-state index contributed by atoms with van der Waals surface area (Å²) >= 11 is 5.81. The highest BCUT2D eigenvalue weighted by molar-refractivity contribution is 6.30. The van der Waals surface area contributed by atoms with Crippen molar-refractivity contribution in [2.75, 3.05) is 0 Å². The van der Waals surface area contributed by atoms with Crippen molar-refractivity contribution in [2.45, 2.75) is 0 Å². The molecule has 0 saturated carbocycles. The highest BCUT2D eigenvalue weighted by Crippen LogP contribution is 2.12. The predicted octanol–water partition coefficient (Wildman–Crippen LogP) is 3.44. The second kappa shape index (κ2) is 5.27. The van der Waals surface area contributed by atoms with Gasteiger partial charge < -0.3 is 0 Å². The summed E-state index contributed by atoms with van der Waals surface area (Å²) in [6.07, 6.45) is 3.18. The number of nitrogens with zero attached hydrogens (tertiary/aromatic N) is 3. The van der Waals surface area contributed by atoms with Crippen LogP contribution in [0.4, 0.5) is 0 Å². The van der Waals surface area contributed by atoms with E-state index in [1.165, 1.54) is 10.8 Å². The molecule has 0 amide bonds. The largest absolute Gasteiger partial charge is 0.272 e. The lowest BCUT2D eigenvalue weighted by Crippen LogP contribution is -2.08. The standard InChI is InChI=1S/C15H10ClN3O/c16-12-8-5-11(6-9-12)7-10-15(20)19-14-4-2-1-3-13(14)17-18-19/h1-10H/b10-7+. The number of rotatable bonds is 2. The Labute approximate surface area is 120 Å². The van der Waals surface area contributed by atoms with Crippen LogP contribution in [-0.4, -0.2) is 20.9 Å². The fraction of sp³-hybridized carbons (Fsp3) is 0. The van der Waals surface area contributed by atoms with Crippen molar-refractivity contribution in [3.63, 3.8) is 0 Å². The number of hydrogen-bond acceptors (Lipinski definition) is 3. The molecule has 1 aromatic heterocycles. The molecular formula is C15H10ClN3O. The van der Waals surface area contributed by atoms with Gasteiger partial charge in [0.2, 0.25) is 0 Å². The number of fused-ring (bicyclic) bond motifs is 1. The molecule has 1 heterocycles. The van der Waals surface area contributed by atoms with Gasteiger partial charge in [-0.15, -0.1) is 5.10 Å². The summed E-state index contributed by atoms with van der Waals surface area (Å²) in [6, 6.07) is 14.6. The molecule has 0 aliphatic carbocycles. The molecule has 3 aromatic rings. The van der Waals surface area contributed by atoms with Crippen molar-refractivity contribution in [2.24, 2.45) is 0 Å². The highest BCUT2D eigenvalue weighted by atomic mass is 35.5. The molecule has 0 aliphatic heterocycles. The minimum absolute atomic E-state index is 0.242. The fourth-order valence-electron chi connectivity index (χ4n) is 1.84. The predicted molar refractivity (Wildman–Crippen MR) is 78.6 cm³/mol. The maximum Gasteiger partial charge on any atom is 0.272 e. The summed E-state index contributed by atoms with van der Waals surface area (Å²) in [7, 11) is 0. The summed E-state index contributed by atoms with van der Waals surface area (Å²) in [5.74, 6) is -0.242. The smallest absolute Gasteiger partial charge is 0.267 e. The van der Waals surface area contributed by atoms with Crippen molar-refractivity contribution in [3.05, 3.63) is 65.2 Å². The van der Waals surface area contributed by atoms with Gasteiger partial charge in [-0.25, -0.2) is 0 Å². The highest BCUT2D eigenvalue weighted by Gasteiger charge is 2.08. The lowest BCUT2D eigenvalue weighted by Gasteiger charge is -1.96. The average Bonchev–Trinajstić information content (AvgIpc) is 2.90. The number of allylic oxidation sites excluding steroid dienone is 1. The van der Waals surface area contributed by atoms with Crippen LogP contribution in [0.15, 0.2) is 54.6 Å². The first-order valence-corrected chi connectivity index (χ1v) is 6.40. The zero-order chi connectivity index (χ0) is 13.9. The molecule has 0 unspecified atom stereocenters. The number of carbonyl (C=O) groups excluding carboxylic acids is 1. The van der Waals surface area contributed by atoms with Crippen molar-refractivity contribution in [1.82, 2.24) is 15.0 Å². The van der Waals surface area contributed by atoms with E-state index >= 15 is 0 Å². The van der Waals surface area contributed by atoms with E-state index < -0.39 is 0 Å². The van der Waals surface area contributed by atoms with Gasteiger partial charge in [0.15, 0.2) is 0 Å². The van der Waals surface area contributed by atoms with Gasteiger partial charge in [-0.2, -0.15) is 4.68 Å². The summed E-state index contributed by atoms with van der Waals surface area (Å²) in [5.41, 5.74) is 2.28. The molecule has 0 atom stereocenters. The molecule has 0 spiro atoms. The Morgan fingerprint density at radius 1 is 1.10 bits per heavy atom. The summed E-state index contributed by atoms with van der Waals surface area (Å²) in [4.78, 5) is 12.1. The van der Waals surface area contributed by atoms with Gasteiger partial charge in [0.1, 0.15) is 5.52 Å². The van der Waals surface area contributed by atoms with Gasteiger partial charge >= 0.3 is 0 Å². The third-order valence-electron chi connectivity index (χ3n) is 2.85. The second-order valence-electron chi connectivity index (χ2n) is 4.21. The number of hydrogen-bond donors (Lipinski definition) is 0. The molecule has 0 radical (unpaired) electrons. The van der Waals surface area contributed by atoms with E-state index in [-0.39, 0.29) is 5.91 Å². The van der Waals surface area contributed by atoms with Crippen molar-refractivity contribution in [1.29, 1.82) is 0 Å². The zero-order valence-electron chi connectivity index (χ0n) is 10.4. The van der Waals surface area contributed by atoms with E-state index in [0.29, 0.717) is 16.1 Å². The fourth-order valence-corrected chi connectivity index (χ4v) is 1.97. The number of aromatic nitrogens is 3. The summed E-state index contributed by atoms with van der Waals surface area (Å²) < 4.78 is 1.28. The van der Waals surface area contributed by atoms with Crippen LogP contribution in [0.3, 0.4) is 0 Å². The molecule has 98 valence electrons. The Balaban J connectivity index is 1.87. The van der Waals surface area contributed by atoms with Crippen molar-refractivity contribution < 1.29 is 4.79 Å². The quantitative estimate of drug-likeness (QED) is 0.677. The van der Waals surface area contributed by atoms with Gasteiger partial charge in [-0.05, 0) is 35.9 Å². The maximum atomic E-state index is 12.1. The van der Waals surface area contributed by atoms with Gasteiger partial charge in [0.25, 0.3) is 5.91 Å². The van der Waals surface area contributed by atoms with Crippen LogP contribution in [0.5, 0.6) is 0 Å². The molecule has 2 aromatic carbocycles. The normalized spacial score (nSPS) is 11.2. The monoisotopic (exact) mass is 283 g/mol. The molecule has 0 bridgehead atoms. The number of benzene rings is 2. The van der Waals surface area contributed by atoms with Crippen molar-refractivity contribution in [3.8, 4) is 0 Å². The molecule has 3 rings (SSSR count). The molecule has 0 saturated heterocycles. The molecule has 4 nitrogen and oxygen atoms in total. The average molecular weight is 284 g/mol. The summed E-state index contributed by atoms with van der Waals surface area (Å²) in [6.45, 7) is 0. The Morgan fingerprint density at radius 3 is 2.65 bits per heavy atom. The van der Waals surface area contributed by atoms with E-state index in [2.05, 4.69) is 10.3 Å². The Bertz CT molecular complexity index is 790. The van der Waals surface area contributed by atoms with Crippen LogP contribution in [0.1, 0.15) is 10.4 Å². The molecule has 20 heavy (non-hydrogen) atoms. The Kier molecular flexibility index (Phi) is 3.31. The first-order valence-electron chi connectivity index (χ1n) is 6.02. The molecule has 5 heteroatoms. The van der Waals surface area contributed by atoms with Crippen LogP contribution < -0.4 is 0 Å². The van der Waals surface area contributed by atoms with Crippen LogP contribution in [-0.2, 0) is 0 Å². The first-order chi connectivity index (χ1) is 9.74. The third-order valence-corrected chi connectivity index (χ3v) is 3.10. The Morgan fingerprint density at radius 2 is 1.85 bits per heavy atom. The lowest BCUT2D eigenvalue weighted by molar-refractivity contribution is 0.0958. The topological polar surface area (TPSA) is 47.8 Å². The van der Waals surface area contributed by atoms with E-state index in [4.69, 9.17) is 11.6 Å². The van der Waals surface area contributed by atoms with E-state index in [9.17, 15) is 4.79 Å². The molecule has 0 N–H and O–H groups in total.